The first-order valence-corrected chi connectivity index (χ1v) is 13.4. The molecule has 1 saturated heterocycles. The number of aromatic nitrogens is 5. The average molecular weight is 540 g/mol. The number of methoxy groups -OCH3 is 1. The van der Waals surface area contributed by atoms with E-state index >= 15 is 0 Å². The summed E-state index contributed by atoms with van der Waals surface area (Å²) in [5, 5.41) is 13.4. The summed E-state index contributed by atoms with van der Waals surface area (Å²) < 4.78 is 5.44. The Morgan fingerprint density at radius 1 is 1.15 bits per heavy atom. The van der Waals surface area contributed by atoms with Gasteiger partial charge in [-0.25, -0.2) is 9.97 Å². The summed E-state index contributed by atoms with van der Waals surface area (Å²) in [7, 11) is 3.75. The molecule has 11 nitrogen and oxygen atoms in total. The molecule has 0 radical (unpaired) electrons. The van der Waals surface area contributed by atoms with E-state index < -0.39 is 0 Å². The second kappa shape index (κ2) is 11.1. The molecule has 1 aliphatic heterocycles. The van der Waals surface area contributed by atoms with Crippen LogP contribution in [0.2, 0.25) is 0 Å². The molecule has 0 saturated carbocycles. The molecule has 6 rings (SSSR count). The van der Waals surface area contributed by atoms with Crippen molar-refractivity contribution in [1.29, 1.82) is 0 Å². The van der Waals surface area contributed by atoms with E-state index in [1.807, 2.05) is 31.3 Å². The number of aromatic amines is 1. The van der Waals surface area contributed by atoms with Crippen molar-refractivity contribution < 1.29 is 9.53 Å². The number of anilines is 3. The summed E-state index contributed by atoms with van der Waals surface area (Å²) in [6.45, 7) is 5.91. The van der Waals surface area contributed by atoms with Crippen molar-refractivity contribution >= 4 is 39.8 Å². The van der Waals surface area contributed by atoms with E-state index in [-0.39, 0.29) is 11.9 Å². The quantitative estimate of drug-likeness (QED) is 0.310. The Hall–Kier alpha value is -4.19. The van der Waals surface area contributed by atoms with Crippen LogP contribution in [-0.2, 0) is 16.0 Å². The molecule has 0 spiro atoms. The van der Waals surface area contributed by atoms with E-state index in [4.69, 9.17) is 9.72 Å². The number of pyridine rings is 1. The molecule has 4 aromatic rings. The highest BCUT2D eigenvalue weighted by Crippen LogP contribution is 2.37. The van der Waals surface area contributed by atoms with Crippen molar-refractivity contribution in [3.05, 3.63) is 71.3 Å². The average Bonchev–Trinajstić information content (AvgIpc) is 3.61. The number of carbonyl (C=O) groups is 1. The smallest absolute Gasteiger partial charge is 0.244 e. The van der Waals surface area contributed by atoms with Crippen molar-refractivity contribution in [3.8, 4) is 0 Å². The van der Waals surface area contributed by atoms with Crippen LogP contribution < -0.4 is 10.6 Å². The molecule has 1 aromatic carbocycles. The largest absolute Gasteiger partial charge is 0.383 e. The molecule has 1 aliphatic carbocycles. The standard InChI is InChI=1S/C29H33N9O2/c1-18-14-31-29(33-19-13-24-25(30-15-19)16-32-36-24)35-27(18)22-8-7-21-20(22)5-4-6-23(21)34-28(39)26(17-40-3)38-11-9-37(2)10-12-38/h4-6,8,13-16,26H,7,9-12,17H2,1-3H3,(H,32,36)(H,34,39)(H,31,33,35)/t26-/m1/s1. The van der Waals surface area contributed by atoms with Gasteiger partial charge in [-0.2, -0.15) is 5.10 Å². The molecule has 1 amide bonds. The summed E-state index contributed by atoms with van der Waals surface area (Å²) in [6.07, 6.45) is 8.12. The van der Waals surface area contributed by atoms with Crippen LogP contribution in [-0.4, -0.2) is 93.8 Å². The Labute approximate surface area is 232 Å². The van der Waals surface area contributed by atoms with Gasteiger partial charge in [-0.1, -0.05) is 18.2 Å². The van der Waals surface area contributed by atoms with E-state index in [2.05, 4.69) is 59.8 Å². The summed E-state index contributed by atoms with van der Waals surface area (Å²) in [4.78, 5) is 31.7. The zero-order chi connectivity index (χ0) is 27.6. The number of likely N-dealkylation sites (N-methyl/N-ethyl adjacent to an activating group) is 1. The number of amides is 1. The minimum absolute atomic E-state index is 0.0409. The zero-order valence-electron chi connectivity index (χ0n) is 22.9. The lowest BCUT2D eigenvalue weighted by Crippen LogP contribution is -2.54. The summed E-state index contributed by atoms with van der Waals surface area (Å²) in [5.74, 6) is 0.440. The third kappa shape index (κ3) is 5.18. The number of rotatable bonds is 8. The second-order valence-corrected chi connectivity index (χ2v) is 10.3. The SMILES string of the molecule is COC[C@H](C(=O)Nc1cccc2c1CC=C2c1nc(Nc2cnc3cn[nH]c3c2)ncc1C)N1CCN(C)CC1. The number of H-pyrrole nitrogens is 1. The molecule has 1 atom stereocenters. The molecule has 3 N–H and O–H groups in total. The normalized spacial score (nSPS) is 16.5. The van der Waals surface area contributed by atoms with E-state index in [1.165, 1.54) is 0 Å². The van der Waals surface area contributed by atoms with Gasteiger partial charge in [0.1, 0.15) is 11.6 Å². The first kappa shape index (κ1) is 26.1. The number of hydrogen-bond acceptors (Lipinski definition) is 9. The van der Waals surface area contributed by atoms with E-state index in [0.717, 1.165) is 76.5 Å². The summed E-state index contributed by atoms with van der Waals surface area (Å²) in [5.41, 5.74) is 8.22. The van der Waals surface area contributed by atoms with Crippen molar-refractivity contribution in [3.63, 3.8) is 0 Å². The van der Waals surface area contributed by atoms with Crippen molar-refractivity contribution in [2.75, 3.05) is 57.6 Å². The molecule has 0 bridgehead atoms. The molecule has 4 heterocycles. The maximum absolute atomic E-state index is 13.5. The van der Waals surface area contributed by atoms with Crippen LogP contribution in [0.25, 0.3) is 16.6 Å². The highest BCUT2D eigenvalue weighted by molar-refractivity contribution is 5.98. The monoisotopic (exact) mass is 539 g/mol. The Morgan fingerprint density at radius 3 is 2.83 bits per heavy atom. The maximum atomic E-state index is 13.5. The minimum Gasteiger partial charge on any atom is -0.383 e. The highest BCUT2D eigenvalue weighted by atomic mass is 16.5. The first-order chi connectivity index (χ1) is 19.5. The lowest BCUT2D eigenvalue weighted by atomic mass is 9.99. The van der Waals surface area contributed by atoms with Crippen LogP contribution >= 0.6 is 0 Å². The van der Waals surface area contributed by atoms with Gasteiger partial charge in [-0.05, 0) is 49.2 Å². The third-order valence-electron chi connectivity index (χ3n) is 7.61. The second-order valence-electron chi connectivity index (χ2n) is 10.3. The molecule has 206 valence electrons. The molecule has 11 heteroatoms. The van der Waals surface area contributed by atoms with Crippen LogP contribution in [0, 0.1) is 6.92 Å². The van der Waals surface area contributed by atoms with Gasteiger partial charge in [-0.3, -0.25) is 19.8 Å². The van der Waals surface area contributed by atoms with Gasteiger partial charge in [0.2, 0.25) is 11.9 Å². The third-order valence-corrected chi connectivity index (χ3v) is 7.61. The van der Waals surface area contributed by atoms with Gasteiger partial charge in [0, 0.05) is 50.7 Å². The lowest BCUT2D eigenvalue weighted by molar-refractivity contribution is -0.124. The fourth-order valence-corrected chi connectivity index (χ4v) is 5.37. The van der Waals surface area contributed by atoms with Crippen LogP contribution in [0.5, 0.6) is 0 Å². The van der Waals surface area contributed by atoms with Crippen LogP contribution in [0.1, 0.15) is 22.4 Å². The maximum Gasteiger partial charge on any atom is 0.244 e. The molecular formula is C29H33N9O2. The van der Waals surface area contributed by atoms with Gasteiger partial charge < -0.3 is 20.3 Å². The number of hydrogen-bond donors (Lipinski definition) is 3. The number of ether oxygens (including phenoxy) is 1. The molecule has 0 unspecified atom stereocenters. The van der Waals surface area contributed by atoms with Crippen molar-refractivity contribution in [2.45, 2.75) is 19.4 Å². The van der Waals surface area contributed by atoms with Crippen LogP contribution in [0.15, 0.2) is 48.9 Å². The Bertz CT molecular complexity index is 1570. The number of carbonyl (C=O) groups excluding carboxylic acids is 1. The van der Waals surface area contributed by atoms with Crippen molar-refractivity contribution in [1.82, 2.24) is 34.9 Å². The van der Waals surface area contributed by atoms with Gasteiger partial charge in [-0.15, -0.1) is 0 Å². The fourth-order valence-electron chi connectivity index (χ4n) is 5.37. The Balaban J connectivity index is 1.22. The number of aryl methyl sites for hydroxylation is 1. The molecule has 3 aromatic heterocycles. The number of benzene rings is 1. The minimum atomic E-state index is -0.336. The Morgan fingerprint density at radius 2 is 2.00 bits per heavy atom. The Kier molecular flexibility index (Phi) is 7.25. The predicted octanol–water partition coefficient (Wildman–Crippen LogP) is 2.99. The van der Waals surface area contributed by atoms with Gasteiger partial charge in [0.05, 0.1) is 35.9 Å². The highest BCUT2D eigenvalue weighted by Gasteiger charge is 2.30. The number of fused-ring (bicyclic) bond motifs is 2. The molecule has 40 heavy (non-hydrogen) atoms. The number of allylic oxidation sites excluding steroid dienone is 1. The van der Waals surface area contributed by atoms with Crippen LogP contribution in [0.4, 0.5) is 17.3 Å². The zero-order valence-corrected chi connectivity index (χ0v) is 22.9. The van der Waals surface area contributed by atoms with E-state index in [1.54, 1.807) is 19.5 Å². The van der Waals surface area contributed by atoms with Gasteiger partial charge in [0.15, 0.2) is 0 Å². The van der Waals surface area contributed by atoms with Crippen molar-refractivity contribution in [2.24, 2.45) is 0 Å². The lowest BCUT2D eigenvalue weighted by Gasteiger charge is -2.36. The topological polar surface area (TPSA) is 124 Å². The fraction of sp³-hybridized carbons (Fsp3) is 0.345. The molecule has 1 fully saturated rings. The van der Waals surface area contributed by atoms with E-state index in [9.17, 15) is 4.79 Å². The van der Waals surface area contributed by atoms with Crippen LogP contribution in [0.3, 0.4) is 0 Å². The summed E-state index contributed by atoms with van der Waals surface area (Å²) >= 11 is 0. The number of piperazine rings is 1. The predicted molar refractivity (Wildman–Crippen MR) is 155 cm³/mol. The summed E-state index contributed by atoms with van der Waals surface area (Å²) in [6, 6.07) is 7.63. The van der Waals surface area contributed by atoms with E-state index in [0.29, 0.717) is 19.0 Å². The van der Waals surface area contributed by atoms with Gasteiger partial charge >= 0.3 is 0 Å². The number of nitrogens with zero attached hydrogens (tertiary/aromatic N) is 6. The number of nitrogens with one attached hydrogen (secondary N) is 3. The molecule has 2 aliphatic rings. The first-order valence-electron chi connectivity index (χ1n) is 13.4. The molecular weight excluding hydrogens is 506 g/mol. The van der Waals surface area contributed by atoms with Gasteiger partial charge in [0.25, 0.3) is 0 Å².